The fourth-order valence-corrected chi connectivity index (χ4v) is 3.67. The van der Waals surface area contributed by atoms with Crippen LogP contribution in [-0.4, -0.2) is 15.4 Å². The Hall–Kier alpha value is -3.66. The number of aromatic hydroxyl groups is 1. The number of pyridine rings is 1. The van der Waals surface area contributed by atoms with Crippen LogP contribution >= 0.6 is 0 Å². The highest BCUT2D eigenvalue weighted by Gasteiger charge is 2.32. The lowest BCUT2D eigenvalue weighted by Crippen LogP contribution is -2.79. The smallest absolute Gasteiger partial charge is 0.421 e. The molecule has 4 nitrogen and oxygen atoms in total. The average molecular weight is 339 g/mol. The third-order valence-corrected chi connectivity index (χ3v) is 4.79. The van der Waals surface area contributed by atoms with E-state index in [-0.39, 0.29) is 11.7 Å². The second-order valence-corrected chi connectivity index (χ2v) is 6.27. The van der Waals surface area contributed by atoms with Crippen molar-refractivity contribution < 1.29 is 14.9 Å². The number of nitrogens with zero attached hydrogens (tertiary/aromatic N) is 1. The van der Waals surface area contributed by atoms with Crippen LogP contribution in [0.25, 0.3) is 22.2 Å². The second-order valence-electron chi connectivity index (χ2n) is 6.27. The number of hydrogen-bond acceptors (Lipinski definition) is 2. The highest BCUT2D eigenvalue weighted by atomic mass is 16.3. The minimum atomic E-state index is -0.161. The molecule has 4 aromatic rings. The third kappa shape index (κ3) is 1.96. The average Bonchev–Trinajstić information content (AvgIpc) is 3.16. The van der Waals surface area contributed by atoms with E-state index >= 15 is 0 Å². The molecule has 0 fully saturated rings. The van der Waals surface area contributed by atoms with Crippen LogP contribution in [0.1, 0.15) is 5.69 Å². The quantitative estimate of drug-likeness (QED) is 0.566. The molecule has 2 aromatic carbocycles. The first kappa shape index (κ1) is 14.7. The molecule has 0 radical (unpaired) electrons. The molecule has 124 valence electrons. The highest BCUT2D eigenvalue weighted by Crippen LogP contribution is 2.40. The summed E-state index contributed by atoms with van der Waals surface area (Å²) in [6.07, 6.45) is 1.87. The summed E-state index contributed by atoms with van der Waals surface area (Å²) in [6, 6.07) is 22.9. The largest absolute Gasteiger partial charge is 0.505 e. The Labute approximate surface area is 149 Å². The van der Waals surface area contributed by atoms with E-state index in [1.54, 1.807) is 0 Å². The van der Waals surface area contributed by atoms with Crippen LogP contribution in [0.5, 0.6) is 5.75 Å². The van der Waals surface area contributed by atoms with Crippen LogP contribution < -0.4 is 15.6 Å². The summed E-state index contributed by atoms with van der Waals surface area (Å²) >= 11 is 0. The topological polar surface area (TPSA) is 55.7 Å². The van der Waals surface area contributed by atoms with Crippen LogP contribution in [0, 0.1) is 0 Å². The van der Waals surface area contributed by atoms with Gasteiger partial charge in [-0.15, -0.1) is 0 Å². The van der Waals surface area contributed by atoms with E-state index < -0.39 is 0 Å². The molecule has 0 aliphatic carbocycles. The van der Waals surface area contributed by atoms with Gasteiger partial charge in [0, 0.05) is 12.3 Å². The van der Waals surface area contributed by atoms with E-state index in [9.17, 15) is 9.90 Å². The Morgan fingerprint density at radius 1 is 0.846 bits per heavy atom. The van der Waals surface area contributed by atoms with Gasteiger partial charge < -0.3 is 9.51 Å². The Morgan fingerprint density at radius 3 is 2.42 bits per heavy atom. The van der Waals surface area contributed by atoms with Crippen molar-refractivity contribution in [2.75, 3.05) is 0 Å². The maximum Gasteiger partial charge on any atom is 0.421 e. The van der Waals surface area contributed by atoms with Crippen LogP contribution in [0.3, 0.4) is 0 Å². The minimum Gasteiger partial charge on any atom is -0.505 e. The predicted molar refractivity (Wildman–Crippen MR) is 97.8 cm³/mol. The monoisotopic (exact) mass is 339 g/mol. The van der Waals surface area contributed by atoms with E-state index in [1.165, 1.54) is 0 Å². The lowest BCUT2D eigenvalue weighted by Gasteiger charge is -2.05. The molecule has 0 spiro atoms. The SMILES string of the molecule is O=C1[NH+]=c2ccccc2=C1c1c(-c2ccccc2)c(O)c2ccccn12. The number of rotatable bonds is 2. The Kier molecular flexibility index (Phi) is 3.06. The number of para-hydroxylation sites is 1. The van der Waals surface area contributed by atoms with Crippen molar-refractivity contribution in [2.24, 2.45) is 0 Å². The molecule has 0 atom stereocenters. The van der Waals surface area contributed by atoms with Crippen molar-refractivity contribution in [2.45, 2.75) is 0 Å². The second kappa shape index (κ2) is 5.43. The Balaban J connectivity index is 2.00. The molecule has 1 amide bonds. The third-order valence-electron chi connectivity index (χ3n) is 4.79. The number of carbonyl (C=O) groups is 1. The summed E-state index contributed by atoms with van der Waals surface area (Å²) in [4.78, 5) is 15.8. The molecular formula is C22H15N2O2+. The van der Waals surface area contributed by atoms with Gasteiger partial charge in [-0.05, 0) is 23.8 Å². The fraction of sp³-hybridized carbons (Fsp3) is 0. The summed E-state index contributed by atoms with van der Waals surface area (Å²) in [5.74, 6) is 0.0168. The normalized spacial score (nSPS) is 13.1. The van der Waals surface area contributed by atoms with E-state index in [1.807, 2.05) is 83.4 Å². The standard InChI is InChI=1S/C22H14N2O2/c25-21-17-12-6-7-13-24(17)20(18(21)14-8-2-1-3-9-14)19-15-10-4-5-11-16(15)23-22(19)26/h1-13,25H/p+1. The number of aromatic nitrogens is 1. The zero-order chi connectivity index (χ0) is 17.7. The van der Waals surface area contributed by atoms with Gasteiger partial charge >= 0.3 is 5.91 Å². The summed E-state index contributed by atoms with van der Waals surface area (Å²) in [5.41, 5.74) is 3.48. The van der Waals surface area contributed by atoms with Gasteiger partial charge in [0.05, 0.1) is 22.0 Å². The van der Waals surface area contributed by atoms with Crippen molar-refractivity contribution in [3.05, 3.63) is 95.3 Å². The number of amides is 1. The molecule has 2 aromatic heterocycles. The van der Waals surface area contributed by atoms with Gasteiger partial charge in [0.15, 0.2) is 0 Å². The van der Waals surface area contributed by atoms with Crippen molar-refractivity contribution in [1.82, 2.24) is 4.40 Å². The van der Waals surface area contributed by atoms with Crippen LogP contribution in [0.4, 0.5) is 0 Å². The number of hydrogen-bond donors (Lipinski definition) is 2. The number of nitrogens with one attached hydrogen (secondary N) is 1. The van der Waals surface area contributed by atoms with E-state index in [2.05, 4.69) is 4.99 Å². The summed E-state index contributed by atoms with van der Waals surface area (Å²) in [6.45, 7) is 0. The van der Waals surface area contributed by atoms with Crippen molar-refractivity contribution >= 4 is 17.0 Å². The minimum absolute atomic E-state index is 0.161. The molecule has 5 rings (SSSR count). The molecule has 1 aliphatic rings. The van der Waals surface area contributed by atoms with Gasteiger partial charge in [-0.2, -0.15) is 4.99 Å². The Morgan fingerprint density at radius 2 is 1.58 bits per heavy atom. The Bertz CT molecular complexity index is 1300. The molecule has 2 N–H and O–H groups in total. The van der Waals surface area contributed by atoms with Gasteiger partial charge in [-0.3, -0.25) is 0 Å². The molecule has 0 saturated heterocycles. The molecule has 0 unspecified atom stereocenters. The molecule has 0 saturated carbocycles. The van der Waals surface area contributed by atoms with Gasteiger partial charge in [-0.25, -0.2) is 4.79 Å². The lowest BCUT2D eigenvalue weighted by molar-refractivity contribution is -0.406. The number of benzene rings is 2. The molecule has 26 heavy (non-hydrogen) atoms. The van der Waals surface area contributed by atoms with Gasteiger partial charge in [0.2, 0.25) is 5.36 Å². The van der Waals surface area contributed by atoms with Gasteiger partial charge in [-0.1, -0.05) is 48.5 Å². The summed E-state index contributed by atoms with van der Waals surface area (Å²) < 4.78 is 1.88. The van der Waals surface area contributed by atoms with Crippen molar-refractivity contribution in [3.63, 3.8) is 0 Å². The lowest BCUT2D eigenvalue weighted by atomic mass is 9.99. The van der Waals surface area contributed by atoms with Crippen LogP contribution in [-0.2, 0) is 4.79 Å². The van der Waals surface area contributed by atoms with E-state index in [0.29, 0.717) is 22.3 Å². The molecule has 1 aliphatic heterocycles. The number of carbonyl (C=O) groups excluding carboxylic acids is 1. The molecule has 0 bridgehead atoms. The molecule has 4 heteroatoms. The van der Waals surface area contributed by atoms with Crippen LogP contribution in [0.15, 0.2) is 79.0 Å². The first-order valence-electron chi connectivity index (χ1n) is 8.41. The first-order valence-corrected chi connectivity index (χ1v) is 8.41. The fourth-order valence-electron chi connectivity index (χ4n) is 3.67. The van der Waals surface area contributed by atoms with Crippen molar-refractivity contribution in [1.29, 1.82) is 0 Å². The van der Waals surface area contributed by atoms with Gasteiger partial charge in [0.25, 0.3) is 0 Å². The van der Waals surface area contributed by atoms with E-state index in [0.717, 1.165) is 16.1 Å². The maximum absolute atomic E-state index is 12.8. The van der Waals surface area contributed by atoms with Gasteiger partial charge in [0.1, 0.15) is 11.3 Å². The summed E-state index contributed by atoms with van der Waals surface area (Å²) in [7, 11) is 0. The predicted octanol–water partition coefficient (Wildman–Crippen LogP) is 0.751. The molecule has 3 heterocycles. The van der Waals surface area contributed by atoms with Crippen molar-refractivity contribution in [3.8, 4) is 16.9 Å². The maximum atomic E-state index is 12.8. The van der Waals surface area contributed by atoms with Crippen LogP contribution in [0.2, 0.25) is 0 Å². The zero-order valence-electron chi connectivity index (χ0n) is 13.8. The highest BCUT2D eigenvalue weighted by molar-refractivity contribution is 6.17. The first-order chi connectivity index (χ1) is 12.8. The van der Waals surface area contributed by atoms with E-state index in [4.69, 9.17) is 0 Å². The molecular weight excluding hydrogens is 324 g/mol. The number of fused-ring (bicyclic) bond motifs is 2. The zero-order valence-corrected chi connectivity index (χ0v) is 13.8. The summed E-state index contributed by atoms with van der Waals surface area (Å²) in [5, 5.41) is 12.6.